The summed E-state index contributed by atoms with van der Waals surface area (Å²) in [7, 11) is 1.28. The van der Waals surface area contributed by atoms with Gasteiger partial charge in [0.1, 0.15) is 0 Å². The number of hydrogen-bond acceptors (Lipinski definition) is 4. The lowest BCUT2D eigenvalue weighted by Gasteiger charge is -2.14. The van der Waals surface area contributed by atoms with Crippen molar-refractivity contribution in [1.29, 1.82) is 0 Å². The van der Waals surface area contributed by atoms with E-state index in [4.69, 9.17) is 4.74 Å². The van der Waals surface area contributed by atoms with E-state index in [1.54, 1.807) is 0 Å². The summed E-state index contributed by atoms with van der Waals surface area (Å²) >= 11 is 0. The number of H-pyrrole nitrogens is 1. The van der Waals surface area contributed by atoms with Crippen molar-refractivity contribution in [3.8, 4) is 5.75 Å². The maximum atomic E-state index is 12.9. The number of nitrogens with one attached hydrogen (secondary N) is 2. The molecule has 0 atom stereocenters. The quantitative estimate of drug-likeness (QED) is 0.910. The van der Waals surface area contributed by atoms with Crippen molar-refractivity contribution in [3.05, 3.63) is 52.1 Å². The fourth-order valence-electron chi connectivity index (χ4n) is 1.83. The Balaban J connectivity index is 2.26. The molecule has 0 saturated heterocycles. The predicted octanol–water partition coefficient (Wildman–Crippen LogP) is 2.41. The first-order chi connectivity index (χ1) is 9.93. The lowest BCUT2D eigenvalue weighted by atomic mass is 10.1. The van der Waals surface area contributed by atoms with Crippen LogP contribution < -0.4 is 15.6 Å². The number of aromatic amines is 1. The van der Waals surface area contributed by atoms with E-state index in [-0.39, 0.29) is 23.7 Å². The van der Waals surface area contributed by atoms with E-state index in [2.05, 4.69) is 15.3 Å². The Morgan fingerprint density at radius 3 is 2.71 bits per heavy atom. The van der Waals surface area contributed by atoms with Crippen molar-refractivity contribution in [1.82, 2.24) is 9.97 Å². The number of hydrogen-bond donors (Lipinski definition) is 2. The summed E-state index contributed by atoms with van der Waals surface area (Å²) < 4.78 is 43.5. The lowest BCUT2D eigenvalue weighted by molar-refractivity contribution is -0.138. The second-order valence-corrected chi connectivity index (χ2v) is 4.12. The van der Waals surface area contributed by atoms with Gasteiger partial charge in [0.2, 0.25) is 5.75 Å². The van der Waals surface area contributed by atoms with Gasteiger partial charge in [-0.2, -0.15) is 13.2 Å². The van der Waals surface area contributed by atoms with Gasteiger partial charge >= 0.3 is 6.18 Å². The molecule has 0 fully saturated rings. The second-order valence-electron chi connectivity index (χ2n) is 4.12. The molecular weight excluding hydrogens is 287 g/mol. The van der Waals surface area contributed by atoms with E-state index in [1.165, 1.54) is 25.3 Å². The molecule has 112 valence electrons. The van der Waals surface area contributed by atoms with E-state index in [1.807, 2.05) is 0 Å². The molecule has 0 unspecified atom stereocenters. The molecule has 0 saturated carbocycles. The van der Waals surface area contributed by atoms with Gasteiger partial charge in [-0.1, -0.05) is 18.2 Å². The summed E-state index contributed by atoms with van der Waals surface area (Å²) in [4.78, 5) is 17.6. The molecule has 21 heavy (non-hydrogen) atoms. The van der Waals surface area contributed by atoms with Crippen LogP contribution in [-0.2, 0) is 12.7 Å². The highest BCUT2D eigenvalue weighted by Gasteiger charge is 2.32. The SMILES string of the molecule is COc1c(NCc2ccccc2C(F)(F)F)nc[nH]c1=O. The number of anilines is 1. The van der Waals surface area contributed by atoms with E-state index >= 15 is 0 Å². The van der Waals surface area contributed by atoms with Crippen LogP contribution in [0.1, 0.15) is 11.1 Å². The topological polar surface area (TPSA) is 67.0 Å². The zero-order chi connectivity index (χ0) is 15.5. The molecule has 1 aromatic carbocycles. The first kappa shape index (κ1) is 14.9. The second kappa shape index (κ2) is 5.86. The number of aromatic nitrogens is 2. The number of alkyl halides is 3. The van der Waals surface area contributed by atoms with E-state index < -0.39 is 17.3 Å². The van der Waals surface area contributed by atoms with Crippen LogP contribution in [-0.4, -0.2) is 17.1 Å². The van der Waals surface area contributed by atoms with Gasteiger partial charge in [-0.25, -0.2) is 4.98 Å². The van der Waals surface area contributed by atoms with Crippen molar-refractivity contribution >= 4 is 5.82 Å². The standard InChI is InChI=1S/C13H12F3N3O2/c1-21-10-11(18-7-19-12(10)20)17-6-8-4-2-3-5-9(8)13(14,15)16/h2-5,7H,6H2,1H3,(H2,17,18,19,20). The van der Waals surface area contributed by atoms with Gasteiger partial charge in [0.25, 0.3) is 5.56 Å². The molecule has 0 bridgehead atoms. The van der Waals surface area contributed by atoms with Gasteiger partial charge in [0.05, 0.1) is 19.0 Å². The Morgan fingerprint density at radius 2 is 2.05 bits per heavy atom. The van der Waals surface area contributed by atoms with Crippen LogP contribution in [0.2, 0.25) is 0 Å². The Labute approximate surface area is 117 Å². The first-order valence-electron chi connectivity index (χ1n) is 5.94. The summed E-state index contributed by atoms with van der Waals surface area (Å²) in [5, 5.41) is 2.68. The fraction of sp³-hybridized carbons (Fsp3) is 0.231. The van der Waals surface area contributed by atoms with E-state index in [0.717, 1.165) is 12.4 Å². The van der Waals surface area contributed by atoms with Crippen LogP contribution in [0.25, 0.3) is 0 Å². The Morgan fingerprint density at radius 1 is 1.33 bits per heavy atom. The zero-order valence-corrected chi connectivity index (χ0v) is 11.0. The molecule has 1 heterocycles. The van der Waals surface area contributed by atoms with Gasteiger partial charge in [-0.3, -0.25) is 4.79 Å². The van der Waals surface area contributed by atoms with Crippen LogP contribution in [0.4, 0.5) is 19.0 Å². The van der Waals surface area contributed by atoms with Gasteiger partial charge in [0.15, 0.2) is 5.82 Å². The number of ether oxygens (including phenoxy) is 1. The highest BCUT2D eigenvalue weighted by molar-refractivity contribution is 5.48. The van der Waals surface area contributed by atoms with Crippen molar-refractivity contribution in [3.63, 3.8) is 0 Å². The number of methoxy groups -OCH3 is 1. The number of benzene rings is 1. The Bertz CT molecular complexity index is 683. The van der Waals surface area contributed by atoms with Gasteiger partial charge in [-0.15, -0.1) is 0 Å². The summed E-state index contributed by atoms with van der Waals surface area (Å²) in [5.41, 5.74) is -1.20. The van der Waals surface area contributed by atoms with Gasteiger partial charge < -0.3 is 15.0 Å². The van der Waals surface area contributed by atoms with E-state index in [0.29, 0.717) is 0 Å². The average molecular weight is 299 g/mol. The van der Waals surface area contributed by atoms with Gasteiger partial charge in [-0.05, 0) is 11.6 Å². The number of halogens is 3. The molecule has 2 aromatic rings. The van der Waals surface area contributed by atoms with Crippen LogP contribution >= 0.6 is 0 Å². The maximum Gasteiger partial charge on any atom is 0.416 e. The van der Waals surface area contributed by atoms with Crippen molar-refractivity contribution < 1.29 is 17.9 Å². The molecule has 0 aliphatic heterocycles. The third-order valence-electron chi connectivity index (χ3n) is 2.78. The monoisotopic (exact) mass is 299 g/mol. The first-order valence-corrected chi connectivity index (χ1v) is 5.94. The fourth-order valence-corrected chi connectivity index (χ4v) is 1.83. The maximum absolute atomic E-state index is 12.9. The molecule has 0 aliphatic rings. The van der Waals surface area contributed by atoms with Crippen LogP contribution in [0.15, 0.2) is 35.4 Å². The third-order valence-corrected chi connectivity index (χ3v) is 2.78. The molecular formula is C13H12F3N3O2. The minimum atomic E-state index is -4.44. The molecule has 2 N–H and O–H groups in total. The average Bonchev–Trinajstić information content (AvgIpc) is 2.44. The smallest absolute Gasteiger partial charge is 0.416 e. The normalized spacial score (nSPS) is 11.2. The largest absolute Gasteiger partial charge is 0.489 e. The molecule has 0 amide bonds. The minimum Gasteiger partial charge on any atom is -0.489 e. The van der Waals surface area contributed by atoms with Crippen LogP contribution in [0, 0.1) is 0 Å². The molecule has 0 radical (unpaired) electrons. The molecule has 5 nitrogen and oxygen atoms in total. The third kappa shape index (κ3) is 3.33. The highest BCUT2D eigenvalue weighted by Crippen LogP contribution is 2.32. The highest BCUT2D eigenvalue weighted by atomic mass is 19.4. The predicted molar refractivity (Wildman–Crippen MR) is 70.2 cm³/mol. The lowest BCUT2D eigenvalue weighted by Crippen LogP contribution is -2.16. The summed E-state index contributed by atoms with van der Waals surface area (Å²) in [6.07, 6.45) is -3.30. The molecule has 8 heteroatoms. The molecule has 0 aliphatic carbocycles. The zero-order valence-electron chi connectivity index (χ0n) is 11.0. The minimum absolute atomic E-state index is 0.0501. The van der Waals surface area contributed by atoms with Crippen molar-refractivity contribution in [2.45, 2.75) is 12.7 Å². The van der Waals surface area contributed by atoms with Crippen LogP contribution in [0.3, 0.4) is 0 Å². The Hall–Kier alpha value is -2.51. The Kier molecular flexibility index (Phi) is 4.15. The van der Waals surface area contributed by atoms with Crippen molar-refractivity contribution in [2.24, 2.45) is 0 Å². The van der Waals surface area contributed by atoms with Crippen LogP contribution in [0.5, 0.6) is 5.75 Å². The summed E-state index contributed by atoms with van der Waals surface area (Å²) in [6.45, 7) is -0.136. The molecule has 2 rings (SSSR count). The number of rotatable bonds is 4. The van der Waals surface area contributed by atoms with Gasteiger partial charge in [0, 0.05) is 6.54 Å². The summed E-state index contributed by atoms with van der Waals surface area (Å²) in [5.74, 6) is 0.000201. The molecule has 1 aromatic heterocycles. The summed E-state index contributed by atoms with van der Waals surface area (Å²) in [6, 6.07) is 5.18. The number of nitrogens with zero attached hydrogens (tertiary/aromatic N) is 1. The van der Waals surface area contributed by atoms with E-state index in [9.17, 15) is 18.0 Å². The van der Waals surface area contributed by atoms with Crippen molar-refractivity contribution in [2.75, 3.05) is 12.4 Å². The molecule has 0 spiro atoms.